The number of rotatable bonds is 16. The van der Waals surface area contributed by atoms with Crippen molar-refractivity contribution in [3.8, 4) is 5.75 Å². The molecule has 0 aromatic heterocycles. The molecule has 1 aromatic rings. The zero-order valence-corrected chi connectivity index (χ0v) is 21.5. The van der Waals surface area contributed by atoms with Gasteiger partial charge in [0.25, 0.3) is 5.91 Å². The van der Waals surface area contributed by atoms with E-state index < -0.39 is 36.4 Å². The number of carbonyl (C=O) groups excluding carboxylic acids is 1. The minimum Gasteiger partial charge on any atom is -0.507 e. The lowest BCUT2D eigenvalue weighted by atomic mass is 9.96. The van der Waals surface area contributed by atoms with Gasteiger partial charge in [0.15, 0.2) is 5.60 Å². The van der Waals surface area contributed by atoms with Gasteiger partial charge in [0.2, 0.25) is 0 Å². The van der Waals surface area contributed by atoms with Gasteiger partial charge in [-0.1, -0.05) is 38.3 Å². The molecule has 0 atom stereocenters. The fourth-order valence-electron chi connectivity index (χ4n) is 3.10. The summed E-state index contributed by atoms with van der Waals surface area (Å²) in [5.41, 5.74) is -2.51. The molecule has 0 bridgehead atoms. The predicted molar refractivity (Wildman–Crippen MR) is 133 cm³/mol. The fourth-order valence-corrected chi connectivity index (χ4v) is 3.27. The number of carbonyl (C=O) groups is 4. The lowest BCUT2D eigenvalue weighted by Crippen LogP contribution is -2.42. The molecule has 0 aliphatic heterocycles. The number of nitrogens with zero attached hydrogens (tertiary/aromatic N) is 1. The summed E-state index contributed by atoms with van der Waals surface area (Å²) in [5, 5.41) is 46.8. The topological polar surface area (TPSA) is 185 Å². The number of hydrogen-bond donors (Lipinski definition) is 6. The van der Waals surface area contributed by atoms with Crippen LogP contribution in [-0.2, 0) is 14.4 Å². The van der Waals surface area contributed by atoms with Crippen molar-refractivity contribution in [2.75, 3.05) is 26.2 Å². The molecular weight excluding hydrogens is 496 g/mol. The summed E-state index contributed by atoms with van der Waals surface area (Å²) in [5.74, 6) is -5.34. The molecule has 36 heavy (non-hydrogen) atoms. The maximum Gasteiger partial charge on any atom is 0.336 e. The van der Waals surface area contributed by atoms with Gasteiger partial charge in [-0.25, -0.2) is 4.79 Å². The van der Waals surface area contributed by atoms with Crippen molar-refractivity contribution in [3.05, 3.63) is 28.8 Å². The quantitative estimate of drug-likeness (QED) is 0.173. The Kier molecular flexibility index (Phi) is 16.1. The maximum absolute atomic E-state index is 12.1. The lowest BCUT2D eigenvalue weighted by molar-refractivity contribution is -0.170. The number of hydrogen-bond acceptors (Lipinski definition) is 7. The Morgan fingerprint density at radius 1 is 0.917 bits per heavy atom. The Balaban J connectivity index is 0.000000802. The molecule has 1 aromatic carbocycles. The molecule has 0 fully saturated rings. The van der Waals surface area contributed by atoms with Gasteiger partial charge in [-0.15, -0.1) is 0 Å². The summed E-state index contributed by atoms with van der Waals surface area (Å²) >= 11 is 5.86. The third-order valence-electron chi connectivity index (χ3n) is 5.08. The van der Waals surface area contributed by atoms with Crippen LogP contribution in [0.4, 0.5) is 0 Å². The molecule has 11 nitrogen and oxygen atoms in total. The molecule has 0 saturated heterocycles. The summed E-state index contributed by atoms with van der Waals surface area (Å²) in [6.07, 6.45) is 3.45. The fraction of sp³-hybridized carbons (Fsp3) is 0.583. The SMILES string of the molecule is CCCCN(CCCC)CCCNC(=O)c1cc(Cl)ccc1O.O=C(O)CC(O)(CC(=O)O)C(=O)O. The first-order valence-electron chi connectivity index (χ1n) is 11.7. The van der Waals surface area contributed by atoms with Crippen LogP contribution in [0.3, 0.4) is 0 Å². The van der Waals surface area contributed by atoms with Crippen LogP contribution >= 0.6 is 11.6 Å². The predicted octanol–water partition coefficient (Wildman–Crippen LogP) is 2.82. The van der Waals surface area contributed by atoms with Gasteiger partial charge in [-0.2, -0.15) is 0 Å². The normalized spacial score (nSPS) is 10.9. The third kappa shape index (κ3) is 13.9. The van der Waals surface area contributed by atoms with Crippen LogP contribution in [0.25, 0.3) is 0 Å². The van der Waals surface area contributed by atoms with E-state index in [-0.39, 0.29) is 17.2 Å². The van der Waals surface area contributed by atoms with E-state index in [9.17, 15) is 24.3 Å². The highest BCUT2D eigenvalue weighted by atomic mass is 35.5. The second kappa shape index (κ2) is 17.5. The molecule has 0 aliphatic carbocycles. The molecule has 1 rings (SSSR count). The molecule has 6 N–H and O–H groups in total. The Morgan fingerprint density at radius 3 is 1.86 bits per heavy atom. The molecule has 0 unspecified atom stereocenters. The highest BCUT2D eigenvalue weighted by molar-refractivity contribution is 6.31. The number of amides is 1. The number of carboxylic acids is 3. The van der Waals surface area contributed by atoms with Crippen LogP contribution in [0.2, 0.25) is 5.02 Å². The number of aromatic hydroxyl groups is 1. The summed E-state index contributed by atoms with van der Waals surface area (Å²) in [6.45, 7) is 8.24. The number of carboxylic acid groups (broad SMARTS) is 3. The first-order chi connectivity index (χ1) is 16.9. The largest absolute Gasteiger partial charge is 0.507 e. The molecule has 0 saturated carbocycles. The monoisotopic (exact) mass is 532 g/mol. The number of phenolic OH excluding ortho intramolecular Hbond substituents is 1. The Morgan fingerprint density at radius 2 is 1.42 bits per heavy atom. The summed E-state index contributed by atoms with van der Waals surface area (Å²) in [4.78, 5) is 45.0. The van der Waals surface area contributed by atoms with Gasteiger partial charge in [0, 0.05) is 11.6 Å². The number of aliphatic carboxylic acids is 3. The number of nitrogens with one attached hydrogen (secondary N) is 1. The van der Waals surface area contributed by atoms with Crippen LogP contribution in [0.1, 0.15) is 69.2 Å². The van der Waals surface area contributed by atoms with E-state index in [0.717, 1.165) is 26.1 Å². The number of phenols is 1. The number of benzene rings is 1. The highest BCUT2D eigenvalue weighted by Gasteiger charge is 2.40. The van der Waals surface area contributed by atoms with Crippen molar-refractivity contribution in [3.63, 3.8) is 0 Å². The van der Waals surface area contributed by atoms with Gasteiger partial charge in [-0.05, 0) is 57.1 Å². The van der Waals surface area contributed by atoms with Gasteiger partial charge >= 0.3 is 17.9 Å². The minimum atomic E-state index is -2.74. The van der Waals surface area contributed by atoms with E-state index >= 15 is 0 Å². The molecule has 204 valence electrons. The van der Waals surface area contributed by atoms with Crippen LogP contribution in [0.5, 0.6) is 5.75 Å². The number of aliphatic hydroxyl groups is 1. The molecule has 1 amide bonds. The molecule has 12 heteroatoms. The van der Waals surface area contributed by atoms with Crippen molar-refractivity contribution in [1.29, 1.82) is 0 Å². The van der Waals surface area contributed by atoms with E-state index in [1.807, 2.05) is 0 Å². The zero-order chi connectivity index (χ0) is 27.7. The van der Waals surface area contributed by atoms with E-state index in [1.54, 1.807) is 6.07 Å². The van der Waals surface area contributed by atoms with Crippen molar-refractivity contribution in [2.45, 2.75) is 64.4 Å². The van der Waals surface area contributed by atoms with Crippen molar-refractivity contribution < 1.29 is 44.7 Å². The van der Waals surface area contributed by atoms with Crippen molar-refractivity contribution >= 4 is 35.4 Å². The second-order valence-corrected chi connectivity index (χ2v) is 8.73. The van der Waals surface area contributed by atoms with Crippen LogP contribution in [0, 0.1) is 0 Å². The summed E-state index contributed by atoms with van der Waals surface area (Å²) in [6, 6.07) is 4.49. The van der Waals surface area contributed by atoms with Gasteiger partial charge in [0.05, 0.1) is 18.4 Å². The first kappa shape index (κ1) is 33.1. The minimum absolute atomic E-state index is 0.0422. The van der Waals surface area contributed by atoms with E-state index in [2.05, 4.69) is 24.1 Å². The average Bonchev–Trinajstić information content (AvgIpc) is 2.78. The van der Waals surface area contributed by atoms with E-state index in [4.69, 9.17) is 32.0 Å². The van der Waals surface area contributed by atoms with Gasteiger partial charge < -0.3 is 35.7 Å². The third-order valence-corrected chi connectivity index (χ3v) is 5.32. The molecule has 0 heterocycles. The van der Waals surface area contributed by atoms with Crippen molar-refractivity contribution in [2.24, 2.45) is 0 Å². The molecule has 0 aliphatic rings. The molecule has 0 spiro atoms. The smallest absolute Gasteiger partial charge is 0.336 e. The maximum atomic E-state index is 12.1. The Labute approximate surface area is 215 Å². The Hall–Kier alpha value is -2.89. The van der Waals surface area contributed by atoms with Crippen LogP contribution in [0.15, 0.2) is 18.2 Å². The summed E-state index contributed by atoms with van der Waals surface area (Å²) < 4.78 is 0. The first-order valence-corrected chi connectivity index (χ1v) is 12.1. The molecule has 0 radical (unpaired) electrons. The highest BCUT2D eigenvalue weighted by Crippen LogP contribution is 2.21. The van der Waals surface area contributed by atoms with Gasteiger partial charge in [-0.3, -0.25) is 14.4 Å². The molecular formula is C24H37ClN2O9. The number of unbranched alkanes of at least 4 members (excludes halogenated alkanes) is 2. The standard InChI is InChI=1S/C18H29ClN2O2.C6H8O7/c1-3-5-11-21(12-6-4-2)13-7-10-20-18(23)16-14-15(19)8-9-17(16)22;7-3(8)1-6(13,5(11)12)2-4(9)10/h8-9,14,22H,3-7,10-13H2,1-2H3,(H,20,23);13H,1-2H2,(H,7,8)(H,9,10)(H,11,12). The number of halogens is 1. The Bertz CT molecular complexity index is 840. The summed E-state index contributed by atoms with van der Waals surface area (Å²) in [7, 11) is 0. The average molecular weight is 533 g/mol. The van der Waals surface area contributed by atoms with Crippen LogP contribution < -0.4 is 5.32 Å². The second-order valence-electron chi connectivity index (χ2n) is 8.30. The van der Waals surface area contributed by atoms with E-state index in [0.29, 0.717) is 11.6 Å². The van der Waals surface area contributed by atoms with Crippen LogP contribution in [-0.4, -0.2) is 86.0 Å². The lowest BCUT2D eigenvalue weighted by Gasteiger charge is -2.21. The zero-order valence-electron chi connectivity index (χ0n) is 20.7. The van der Waals surface area contributed by atoms with Gasteiger partial charge in [0.1, 0.15) is 5.75 Å². The van der Waals surface area contributed by atoms with Crippen molar-refractivity contribution in [1.82, 2.24) is 10.2 Å². The van der Waals surface area contributed by atoms with E-state index in [1.165, 1.54) is 37.8 Å².